The van der Waals surface area contributed by atoms with Gasteiger partial charge >= 0.3 is 0 Å². The largest absolute Gasteiger partial charge is 0.495 e. The Kier molecular flexibility index (Phi) is 6.65. The lowest BCUT2D eigenvalue weighted by Crippen LogP contribution is -2.45. The zero-order valence-electron chi connectivity index (χ0n) is 15.9. The molecule has 1 amide bonds. The van der Waals surface area contributed by atoms with Crippen LogP contribution in [0, 0.1) is 5.92 Å². The minimum atomic E-state index is -3.78. The summed E-state index contributed by atoms with van der Waals surface area (Å²) < 4.78 is 32.9. The summed E-state index contributed by atoms with van der Waals surface area (Å²) in [6.45, 7) is 6.67. The Labute approximate surface area is 155 Å². The number of carbonyl (C=O) groups is 1. The van der Waals surface area contributed by atoms with Gasteiger partial charge in [-0.2, -0.15) is 0 Å². The standard InChI is InChI=1S/C18H29N3O4S/c1-12(2)20-26(23,24)17-10-14(7-8-16(17)25-4)18(22)21-9-5-6-15(11-21)13(3)19/h7-8,10,12-13,15,20H,5-6,9,11,19H2,1-4H3. The number of nitrogens with two attached hydrogens (primary N) is 1. The number of ether oxygens (including phenoxy) is 1. The third-order valence-corrected chi connectivity index (χ3v) is 6.26. The highest BCUT2D eigenvalue weighted by Crippen LogP contribution is 2.27. The van der Waals surface area contributed by atoms with Gasteiger partial charge in [0.2, 0.25) is 10.0 Å². The lowest BCUT2D eigenvalue weighted by atomic mass is 9.92. The van der Waals surface area contributed by atoms with Crippen molar-refractivity contribution in [2.24, 2.45) is 11.7 Å². The zero-order chi connectivity index (χ0) is 19.5. The fraction of sp³-hybridized carbons (Fsp3) is 0.611. The average Bonchev–Trinajstić information content (AvgIpc) is 2.59. The summed E-state index contributed by atoms with van der Waals surface area (Å²) in [5.41, 5.74) is 6.33. The van der Waals surface area contributed by atoms with Crippen molar-refractivity contribution in [1.82, 2.24) is 9.62 Å². The van der Waals surface area contributed by atoms with E-state index in [-0.39, 0.29) is 34.6 Å². The maximum absolute atomic E-state index is 12.9. The quantitative estimate of drug-likeness (QED) is 0.777. The number of methoxy groups -OCH3 is 1. The van der Waals surface area contributed by atoms with Crippen molar-refractivity contribution in [2.45, 2.75) is 50.6 Å². The Morgan fingerprint density at radius 2 is 2.04 bits per heavy atom. The molecule has 8 heteroatoms. The predicted octanol–water partition coefficient (Wildman–Crippen LogP) is 1.58. The van der Waals surface area contributed by atoms with E-state index in [1.165, 1.54) is 19.2 Å². The number of likely N-dealkylation sites (tertiary alicyclic amines) is 1. The highest BCUT2D eigenvalue weighted by atomic mass is 32.2. The predicted molar refractivity (Wildman–Crippen MR) is 101 cm³/mol. The van der Waals surface area contributed by atoms with Crippen LogP contribution in [-0.2, 0) is 10.0 Å². The van der Waals surface area contributed by atoms with Crippen LogP contribution < -0.4 is 15.2 Å². The Morgan fingerprint density at radius 1 is 1.35 bits per heavy atom. The molecule has 2 rings (SSSR count). The molecular weight excluding hydrogens is 354 g/mol. The molecule has 0 bridgehead atoms. The molecule has 0 aromatic heterocycles. The fourth-order valence-electron chi connectivity index (χ4n) is 3.20. The molecule has 1 saturated heterocycles. The first-order valence-corrected chi connectivity index (χ1v) is 10.4. The van der Waals surface area contributed by atoms with Gasteiger partial charge in [0.05, 0.1) is 7.11 Å². The molecule has 1 heterocycles. The second kappa shape index (κ2) is 8.37. The first kappa shape index (κ1) is 20.7. The number of nitrogens with zero attached hydrogens (tertiary/aromatic N) is 1. The smallest absolute Gasteiger partial charge is 0.253 e. The SMILES string of the molecule is COc1ccc(C(=O)N2CCCC(C(C)N)C2)cc1S(=O)(=O)NC(C)C. The highest BCUT2D eigenvalue weighted by Gasteiger charge is 2.28. The molecule has 1 fully saturated rings. The molecule has 0 spiro atoms. The van der Waals surface area contributed by atoms with Crippen LogP contribution >= 0.6 is 0 Å². The monoisotopic (exact) mass is 383 g/mol. The minimum Gasteiger partial charge on any atom is -0.495 e. The number of sulfonamides is 1. The van der Waals surface area contributed by atoms with Crippen molar-refractivity contribution in [3.05, 3.63) is 23.8 Å². The topological polar surface area (TPSA) is 102 Å². The molecule has 2 atom stereocenters. The molecule has 0 radical (unpaired) electrons. The van der Waals surface area contributed by atoms with Gasteiger partial charge in [0.15, 0.2) is 0 Å². The first-order valence-electron chi connectivity index (χ1n) is 8.91. The Morgan fingerprint density at radius 3 is 2.62 bits per heavy atom. The van der Waals surface area contributed by atoms with Gasteiger partial charge < -0.3 is 15.4 Å². The van der Waals surface area contributed by atoms with Gasteiger partial charge in [0.1, 0.15) is 10.6 Å². The van der Waals surface area contributed by atoms with E-state index in [1.807, 2.05) is 6.92 Å². The van der Waals surface area contributed by atoms with Gasteiger partial charge in [-0.15, -0.1) is 0 Å². The number of piperidine rings is 1. The third-order valence-electron chi connectivity index (χ3n) is 4.58. The number of rotatable bonds is 6. The second-order valence-electron chi connectivity index (χ2n) is 7.15. The van der Waals surface area contributed by atoms with Gasteiger partial charge in [-0.1, -0.05) is 0 Å². The molecule has 2 unspecified atom stereocenters. The normalized spacial score (nSPS) is 19.5. The number of hydrogen-bond donors (Lipinski definition) is 2. The molecule has 0 saturated carbocycles. The maximum atomic E-state index is 12.9. The van der Waals surface area contributed by atoms with Crippen LogP contribution in [0.5, 0.6) is 5.75 Å². The third kappa shape index (κ3) is 4.75. The number of nitrogens with one attached hydrogen (secondary N) is 1. The molecule has 1 aromatic rings. The van der Waals surface area contributed by atoms with Gasteiger partial charge in [-0.25, -0.2) is 13.1 Å². The van der Waals surface area contributed by atoms with Gasteiger partial charge in [-0.05, 0) is 57.7 Å². The summed E-state index contributed by atoms with van der Waals surface area (Å²) in [7, 11) is -2.37. The van der Waals surface area contributed by atoms with E-state index in [0.717, 1.165) is 12.8 Å². The van der Waals surface area contributed by atoms with Crippen molar-refractivity contribution in [3.8, 4) is 5.75 Å². The van der Waals surface area contributed by atoms with Gasteiger partial charge in [0.25, 0.3) is 5.91 Å². The minimum absolute atomic E-state index is 0.0210. The van der Waals surface area contributed by atoms with Crippen molar-refractivity contribution < 1.29 is 17.9 Å². The Hall–Kier alpha value is -1.64. The molecule has 1 aromatic carbocycles. The van der Waals surface area contributed by atoms with Crippen molar-refractivity contribution in [1.29, 1.82) is 0 Å². The lowest BCUT2D eigenvalue weighted by Gasteiger charge is -2.34. The average molecular weight is 384 g/mol. The number of amides is 1. The summed E-state index contributed by atoms with van der Waals surface area (Å²) in [5.74, 6) is 0.289. The van der Waals surface area contributed by atoms with Crippen LogP contribution in [0.3, 0.4) is 0 Å². The summed E-state index contributed by atoms with van der Waals surface area (Å²) in [6.07, 6.45) is 1.90. The van der Waals surface area contributed by atoms with Crippen LogP contribution in [0.1, 0.15) is 44.0 Å². The molecule has 146 valence electrons. The van der Waals surface area contributed by atoms with Gasteiger partial charge in [-0.3, -0.25) is 4.79 Å². The van der Waals surface area contributed by atoms with Gasteiger partial charge in [0, 0.05) is 30.7 Å². The van der Waals surface area contributed by atoms with E-state index in [1.54, 1.807) is 24.8 Å². The highest BCUT2D eigenvalue weighted by molar-refractivity contribution is 7.89. The van der Waals surface area contributed by atoms with Crippen LogP contribution in [0.25, 0.3) is 0 Å². The molecule has 1 aliphatic heterocycles. The van der Waals surface area contributed by atoms with E-state index < -0.39 is 10.0 Å². The fourth-order valence-corrected chi connectivity index (χ4v) is 4.65. The molecule has 3 N–H and O–H groups in total. The number of hydrogen-bond acceptors (Lipinski definition) is 5. The van der Waals surface area contributed by atoms with Crippen LogP contribution in [0.15, 0.2) is 23.1 Å². The van der Waals surface area contributed by atoms with E-state index in [2.05, 4.69) is 4.72 Å². The van der Waals surface area contributed by atoms with E-state index >= 15 is 0 Å². The van der Waals surface area contributed by atoms with Crippen molar-refractivity contribution in [2.75, 3.05) is 20.2 Å². The van der Waals surface area contributed by atoms with Crippen LogP contribution in [-0.4, -0.2) is 51.5 Å². The van der Waals surface area contributed by atoms with Crippen LogP contribution in [0.4, 0.5) is 0 Å². The molecule has 26 heavy (non-hydrogen) atoms. The Bertz CT molecular complexity index is 747. The summed E-state index contributed by atoms with van der Waals surface area (Å²) >= 11 is 0. The number of benzene rings is 1. The first-order chi connectivity index (χ1) is 12.2. The Balaban J connectivity index is 2.33. The summed E-state index contributed by atoms with van der Waals surface area (Å²) in [6, 6.07) is 4.27. The second-order valence-corrected chi connectivity index (χ2v) is 8.84. The molecule has 1 aliphatic rings. The lowest BCUT2D eigenvalue weighted by molar-refractivity contribution is 0.0660. The van der Waals surface area contributed by atoms with Crippen molar-refractivity contribution in [3.63, 3.8) is 0 Å². The zero-order valence-corrected chi connectivity index (χ0v) is 16.7. The molecular formula is C18H29N3O4S. The summed E-state index contributed by atoms with van der Waals surface area (Å²) in [5, 5.41) is 0. The van der Waals surface area contributed by atoms with Crippen molar-refractivity contribution >= 4 is 15.9 Å². The molecule has 0 aliphatic carbocycles. The summed E-state index contributed by atoms with van der Waals surface area (Å²) in [4.78, 5) is 14.6. The van der Waals surface area contributed by atoms with E-state index in [0.29, 0.717) is 18.7 Å². The van der Waals surface area contributed by atoms with E-state index in [9.17, 15) is 13.2 Å². The van der Waals surface area contributed by atoms with Crippen LogP contribution in [0.2, 0.25) is 0 Å². The maximum Gasteiger partial charge on any atom is 0.253 e. The van der Waals surface area contributed by atoms with E-state index in [4.69, 9.17) is 10.5 Å². The molecule has 7 nitrogen and oxygen atoms in total. The number of carbonyl (C=O) groups excluding carboxylic acids is 1.